The van der Waals surface area contributed by atoms with E-state index in [4.69, 9.17) is 4.74 Å². The van der Waals surface area contributed by atoms with Gasteiger partial charge in [0.15, 0.2) is 0 Å². The van der Waals surface area contributed by atoms with Gasteiger partial charge in [0.25, 0.3) is 0 Å². The summed E-state index contributed by atoms with van der Waals surface area (Å²) < 4.78 is 7.37. The fraction of sp³-hybridized carbons (Fsp3) is 0.350. The lowest BCUT2D eigenvalue weighted by Gasteiger charge is -2.13. The van der Waals surface area contributed by atoms with Crippen LogP contribution in [0, 0.1) is 0 Å². The number of aromatic nitrogens is 1. The average molecular weight is 324 g/mol. The van der Waals surface area contributed by atoms with Crippen molar-refractivity contribution in [2.45, 2.75) is 25.8 Å². The molecule has 0 bridgehead atoms. The summed E-state index contributed by atoms with van der Waals surface area (Å²) in [5, 5.41) is 0. The van der Waals surface area contributed by atoms with Gasteiger partial charge in [-0.05, 0) is 48.6 Å². The van der Waals surface area contributed by atoms with Crippen molar-refractivity contribution in [3.8, 4) is 5.75 Å². The summed E-state index contributed by atoms with van der Waals surface area (Å²) in [6.45, 7) is 0.674. The molecule has 0 radical (unpaired) electrons. The lowest BCUT2D eigenvalue weighted by molar-refractivity contribution is 0.102. The summed E-state index contributed by atoms with van der Waals surface area (Å²) in [6, 6.07) is 10.1. The second-order valence-electron chi connectivity index (χ2n) is 6.47. The lowest BCUT2D eigenvalue weighted by Crippen LogP contribution is -2.14. The fourth-order valence-corrected chi connectivity index (χ4v) is 3.26. The second-order valence-corrected chi connectivity index (χ2v) is 6.47. The molecule has 2 aromatic rings. The molecule has 0 aliphatic heterocycles. The van der Waals surface area contributed by atoms with Gasteiger partial charge in [0.05, 0.1) is 12.8 Å². The van der Waals surface area contributed by atoms with Gasteiger partial charge in [-0.15, -0.1) is 0 Å². The SMILES string of the molecule is COc1cccc(Cn2ccc3c2C(=O)C(=CN(C)C)CCC3)c1. The Hall–Kier alpha value is -2.49. The molecule has 0 N–H and O–H groups in total. The summed E-state index contributed by atoms with van der Waals surface area (Å²) in [5.41, 5.74) is 4.01. The van der Waals surface area contributed by atoms with E-state index in [1.54, 1.807) is 7.11 Å². The van der Waals surface area contributed by atoms with Crippen molar-refractivity contribution in [1.29, 1.82) is 0 Å². The summed E-state index contributed by atoms with van der Waals surface area (Å²) in [7, 11) is 5.59. The molecule has 4 heteroatoms. The zero-order chi connectivity index (χ0) is 17.1. The first-order valence-electron chi connectivity index (χ1n) is 8.31. The van der Waals surface area contributed by atoms with Gasteiger partial charge in [-0.3, -0.25) is 4.79 Å². The Labute approximate surface area is 143 Å². The van der Waals surface area contributed by atoms with Crippen LogP contribution in [0.1, 0.15) is 34.5 Å². The molecule has 0 spiro atoms. The summed E-state index contributed by atoms with van der Waals surface area (Å²) in [5.74, 6) is 0.995. The van der Waals surface area contributed by atoms with Crippen LogP contribution in [0.4, 0.5) is 0 Å². The molecule has 0 saturated carbocycles. The minimum absolute atomic E-state index is 0.157. The van der Waals surface area contributed by atoms with Crippen LogP contribution < -0.4 is 4.74 Å². The number of ketones is 1. The van der Waals surface area contributed by atoms with Crippen molar-refractivity contribution in [2.24, 2.45) is 0 Å². The monoisotopic (exact) mass is 324 g/mol. The number of hydrogen-bond acceptors (Lipinski definition) is 3. The van der Waals surface area contributed by atoms with Crippen LogP contribution >= 0.6 is 0 Å². The van der Waals surface area contributed by atoms with Gasteiger partial charge in [0, 0.05) is 38.6 Å². The predicted octanol–water partition coefficient (Wildman–Crippen LogP) is 3.51. The van der Waals surface area contributed by atoms with Gasteiger partial charge >= 0.3 is 0 Å². The number of methoxy groups -OCH3 is 1. The molecule has 1 aliphatic rings. The highest BCUT2D eigenvalue weighted by Gasteiger charge is 2.24. The van der Waals surface area contributed by atoms with Gasteiger partial charge < -0.3 is 14.2 Å². The number of Topliss-reactive ketones (excluding diaryl/α,β-unsaturated/α-hetero) is 1. The standard InChI is InChI=1S/C20H24N2O2/c1-21(2)14-17-8-5-7-16-10-11-22(19(16)20(17)23)13-15-6-4-9-18(12-15)24-3/h4,6,9-12,14H,5,7-8,13H2,1-3H3. The van der Waals surface area contributed by atoms with E-state index in [9.17, 15) is 4.79 Å². The van der Waals surface area contributed by atoms with Crippen LogP contribution in [0.3, 0.4) is 0 Å². The average Bonchev–Trinajstić information content (AvgIpc) is 2.88. The molecule has 1 aromatic carbocycles. The zero-order valence-corrected chi connectivity index (χ0v) is 14.6. The molecule has 0 atom stereocenters. The third kappa shape index (κ3) is 3.37. The Morgan fingerprint density at radius 3 is 2.83 bits per heavy atom. The maximum Gasteiger partial charge on any atom is 0.207 e. The van der Waals surface area contributed by atoms with Gasteiger partial charge in [0.2, 0.25) is 5.78 Å². The molecular formula is C20H24N2O2. The van der Waals surface area contributed by atoms with Crippen molar-refractivity contribution in [2.75, 3.05) is 21.2 Å². The van der Waals surface area contributed by atoms with Crippen molar-refractivity contribution in [1.82, 2.24) is 9.47 Å². The van der Waals surface area contributed by atoms with Crippen molar-refractivity contribution < 1.29 is 9.53 Å². The van der Waals surface area contributed by atoms with E-state index in [0.717, 1.165) is 47.4 Å². The first kappa shape index (κ1) is 16.4. The number of ether oxygens (including phenoxy) is 1. The number of allylic oxidation sites excluding steroid dienone is 1. The van der Waals surface area contributed by atoms with E-state index < -0.39 is 0 Å². The summed E-state index contributed by atoms with van der Waals surface area (Å²) in [4.78, 5) is 15.0. The van der Waals surface area contributed by atoms with E-state index in [-0.39, 0.29) is 5.78 Å². The molecule has 0 amide bonds. The van der Waals surface area contributed by atoms with Crippen molar-refractivity contribution in [3.05, 3.63) is 65.1 Å². The number of benzene rings is 1. The van der Waals surface area contributed by atoms with Crippen molar-refractivity contribution >= 4 is 5.78 Å². The first-order chi connectivity index (χ1) is 11.6. The summed E-state index contributed by atoms with van der Waals surface area (Å²) >= 11 is 0. The number of nitrogens with zero attached hydrogens (tertiary/aromatic N) is 2. The number of hydrogen-bond donors (Lipinski definition) is 0. The van der Waals surface area contributed by atoms with Crippen LogP contribution in [-0.4, -0.2) is 36.5 Å². The second kappa shape index (κ2) is 6.95. The number of carbonyl (C=O) groups is 1. The Morgan fingerprint density at radius 2 is 2.08 bits per heavy atom. The highest BCUT2D eigenvalue weighted by Crippen LogP contribution is 2.26. The van der Waals surface area contributed by atoms with E-state index in [1.165, 1.54) is 0 Å². The largest absolute Gasteiger partial charge is 0.497 e. The zero-order valence-electron chi connectivity index (χ0n) is 14.6. The van der Waals surface area contributed by atoms with Crippen LogP contribution in [-0.2, 0) is 13.0 Å². The predicted molar refractivity (Wildman–Crippen MR) is 95.6 cm³/mol. The lowest BCUT2D eigenvalue weighted by atomic mass is 10.1. The fourth-order valence-electron chi connectivity index (χ4n) is 3.26. The summed E-state index contributed by atoms with van der Waals surface area (Å²) in [6.07, 6.45) is 6.80. The Kier molecular flexibility index (Phi) is 4.74. The third-order valence-electron chi connectivity index (χ3n) is 4.35. The molecule has 1 aromatic heterocycles. The topological polar surface area (TPSA) is 34.5 Å². The van der Waals surface area contributed by atoms with E-state index >= 15 is 0 Å². The van der Waals surface area contributed by atoms with E-state index in [1.807, 2.05) is 49.6 Å². The third-order valence-corrected chi connectivity index (χ3v) is 4.35. The smallest absolute Gasteiger partial charge is 0.207 e. The minimum Gasteiger partial charge on any atom is -0.497 e. The maximum absolute atomic E-state index is 13.0. The van der Waals surface area contributed by atoms with Gasteiger partial charge in [-0.2, -0.15) is 0 Å². The normalized spacial score (nSPS) is 16.0. The van der Waals surface area contributed by atoms with Crippen LogP contribution in [0.25, 0.3) is 0 Å². The van der Waals surface area contributed by atoms with Gasteiger partial charge in [-0.1, -0.05) is 12.1 Å². The van der Waals surface area contributed by atoms with Gasteiger partial charge in [-0.25, -0.2) is 0 Å². The Bertz CT molecular complexity index is 772. The van der Waals surface area contributed by atoms with Crippen LogP contribution in [0.5, 0.6) is 5.75 Å². The Balaban J connectivity index is 1.95. The molecule has 24 heavy (non-hydrogen) atoms. The van der Waals surface area contributed by atoms with Gasteiger partial charge in [0.1, 0.15) is 5.75 Å². The van der Waals surface area contributed by atoms with E-state index in [2.05, 4.69) is 16.7 Å². The highest BCUT2D eigenvalue weighted by atomic mass is 16.5. The van der Waals surface area contributed by atoms with Crippen molar-refractivity contribution in [3.63, 3.8) is 0 Å². The number of fused-ring (bicyclic) bond motifs is 1. The molecule has 0 fully saturated rings. The number of rotatable bonds is 4. The molecule has 0 unspecified atom stereocenters. The minimum atomic E-state index is 0.157. The molecule has 3 rings (SSSR count). The van der Waals surface area contributed by atoms with Crippen LogP contribution in [0.15, 0.2) is 48.3 Å². The molecule has 126 valence electrons. The quantitative estimate of drug-likeness (QED) is 0.637. The van der Waals surface area contributed by atoms with Crippen LogP contribution in [0.2, 0.25) is 0 Å². The molecule has 4 nitrogen and oxygen atoms in total. The molecule has 0 saturated heterocycles. The highest BCUT2D eigenvalue weighted by molar-refractivity contribution is 6.09. The molecule has 1 heterocycles. The Morgan fingerprint density at radius 1 is 1.25 bits per heavy atom. The molecule has 1 aliphatic carbocycles. The van der Waals surface area contributed by atoms with E-state index in [0.29, 0.717) is 6.54 Å². The first-order valence-corrected chi connectivity index (χ1v) is 8.31. The number of aryl methyl sites for hydroxylation is 1. The number of carbonyl (C=O) groups excluding carboxylic acids is 1. The maximum atomic E-state index is 13.0. The molecular weight excluding hydrogens is 300 g/mol.